The second-order valence-electron chi connectivity index (χ2n) is 3.33. The monoisotopic (exact) mass is 265 g/mol. The average Bonchev–Trinajstić information content (AvgIpc) is 2.41. The summed E-state index contributed by atoms with van der Waals surface area (Å²) in [6, 6.07) is 4.34. The van der Waals surface area contributed by atoms with Crippen LogP contribution in [0.5, 0.6) is 11.6 Å². The molecule has 0 radical (unpaired) electrons. The van der Waals surface area contributed by atoms with E-state index in [1.165, 1.54) is 12.3 Å². The van der Waals surface area contributed by atoms with Crippen molar-refractivity contribution in [2.24, 2.45) is 5.84 Å². The van der Waals surface area contributed by atoms with E-state index in [0.29, 0.717) is 0 Å². The van der Waals surface area contributed by atoms with Crippen molar-refractivity contribution >= 4 is 11.6 Å². The lowest BCUT2D eigenvalue weighted by Gasteiger charge is -2.06. The fraction of sp³-hybridized carbons (Fsp3) is 0. The minimum atomic E-state index is -0.748. The van der Waals surface area contributed by atoms with Gasteiger partial charge < -0.3 is 4.74 Å². The Balaban J connectivity index is 2.34. The molecule has 0 atom stereocenters. The molecule has 0 saturated carbocycles. The van der Waals surface area contributed by atoms with Gasteiger partial charge in [0.1, 0.15) is 5.82 Å². The van der Waals surface area contributed by atoms with Gasteiger partial charge >= 0.3 is 5.69 Å². The zero-order chi connectivity index (χ0) is 13.8. The van der Waals surface area contributed by atoms with E-state index in [4.69, 9.17) is 10.6 Å². The highest BCUT2D eigenvalue weighted by Gasteiger charge is 2.17. The highest BCUT2D eigenvalue weighted by molar-refractivity contribution is 5.48. The van der Waals surface area contributed by atoms with E-state index in [9.17, 15) is 14.5 Å². The molecule has 0 amide bonds. The lowest BCUT2D eigenvalue weighted by molar-refractivity contribution is -0.385. The smallest absolute Gasteiger partial charge is 0.314 e. The molecule has 0 spiro atoms. The summed E-state index contributed by atoms with van der Waals surface area (Å²) in [4.78, 5) is 17.6. The predicted octanol–water partition coefficient (Wildman–Crippen LogP) is 1.60. The van der Waals surface area contributed by atoms with Gasteiger partial charge in [0, 0.05) is 12.3 Å². The summed E-state index contributed by atoms with van der Waals surface area (Å²) in [5.74, 6) is 4.38. The van der Waals surface area contributed by atoms with Gasteiger partial charge in [-0.3, -0.25) is 15.5 Å². The van der Waals surface area contributed by atoms with Gasteiger partial charge in [-0.2, -0.15) is 4.98 Å². The van der Waals surface area contributed by atoms with Crippen molar-refractivity contribution in [1.29, 1.82) is 0 Å². The number of hydrogen-bond acceptors (Lipinski definition) is 7. The summed E-state index contributed by atoms with van der Waals surface area (Å²) >= 11 is 0. The van der Waals surface area contributed by atoms with Crippen molar-refractivity contribution in [2.75, 3.05) is 5.43 Å². The second-order valence-corrected chi connectivity index (χ2v) is 3.33. The first-order chi connectivity index (χ1) is 9.10. The van der Waals surface area contributed by atoms with Gasteiger partial charge in [-0.15, -0.1) is 0 Å². The number of nitro groups is 1. The zero-order valence-electron chi connectivity index (χ0n) is 9.41. The predicted molar refractivity (Wildman–Crippen MR) is 63.0 cm³/mol. The number of rotatable bonds is 4. The lowest BCUT2D eigenvalue weighted by atomic mass is 10.3. The van der Waals surface area contributed by atoms with Gasteiger partial charge in [0.25, 0.3) is 0 Å². The number of hydrazine groups is 1. The molecule has 0 bridgehead atoms. The Labute approximate surface area is 106 Å². The van der Waals surface area contributed by atoms with Crippen LogP contribution in [-0.2, 0) is 0 Å². The molecule has 2 rings (SSSR count). The lowest BCUT2D eigenvalue weighted by Crippen LogP contribution is -2.10. The van der Waals surface area contributed by atoms with Crippen LogP contribution in [0.2, 0.25) is 0 Å². The molecule has 3 N–H and O–H groups in total. The number of nitro benzene ring substituents is 1. The van der Waals surface area contributed by atoms with Gasteiger partial charge in [0.2, 0.25) is 17.6 Å². The molecule has 1 aromatic heterocycles. The van der Waals surface area contributed by atoms with Crippen molar-refractivity contribution in [3.63, 3.8) is 0 Å². The van der Waals surface area contributed by atoms with E-state index < -0.39 is 16.4 Å². The first kappa shape index (κ1) is 12.6. The second kappa shape index (κ2) is 5.23. The van der Waals surface area contributed by atoms with Crippen LogP contribution < -0.4 is 16.0 Å². The quantitative estimate of drug-likeness (QED) is 0.490. The molecule has 1 heterocycles. The Morgan fingerprint density at radius 3 is 2.89 bits per heavy atom. The zero-order valence-corrected chi connectivity index (χ0v) is 9.41. The maximum absolute atomic E-state index is 13.0. The van der Waals surface area contributed by atoms with E-state index in [1.54, 1.807) is 0 Å². The molecule has 1 aromatic carbocycles. The summed E-state index contributed by atoms with van der Waals surface area (Å²) in [5.41, 5.74) is 1.70. The third-order valence-corrected chi connectivity index (χ3v) is 2.09. The summed E-state index contributed by atoms with van der Waals surface area (Å²) in [6.45, 7) is 0. The molecular weight excluding hydrogens is 257 g/mol. The molecule has 98 valence electrons. The van der Waals surface area contributed by atoms with Crippen molar-refractivity contribution in [1.82, 2.24) is 9.97 Å². The highest BCUT2D eigenvalue weighted by Crippen LogP contribution is 2.31. The van der Waals surface area contributed by atoms with Crippen LogP contribution in [0, 0.1) is 15.9 Å². The maximum atomic E-state index is 13.0. The number of nitrogens with zero attached hydrogens (tertiary/aromatic N) is 3. The van der Waals surface area contributed by atoms with Crippen LogP contribution in [0.3, 0.4) is 0 Å². The Hall–Kier alpha value is -2.81. The first-order valence-corrected chi connectivity index (χ1v) is 5.01. The van der Waals surface area contributed by atoms with Crippen LogP contribution >= 0.6 is 0 Å². The number of halogens is 1. The largest absolute Gasteiger partial charge is 0.432 e. The number of ether oxygens (including phenoxy) is 1. The Morgan fingerprint density at radius 1 is 1.42 bits per heavy atom. The summed E-state index contributed by atoms with van der Waals surface area (Å²) in [6.07, 6.45) is 1.35. The average molecular weight is 265 g/mol. The number of nitrogen functional groups attached to an aromatic ring is 1. The normalized spacial score (nSPS) is 10.0. The minimum Gasteiger partial charge on any atom is -0.432 e. The number of aromatic nitrogens is 2. The number of hydrogen-bond donors (Lipinski definition) is 2. The molecule has 9 heteroatoms. The first-order valence-electron chi connectivity index (χ1n) is 5.01. The molecule has 0 aliphatic heterocycles. The molecule has 0 aliphatic carbocycles. The van der Waals surface area contributed by atoms with E-state index in [1.807, 2.05) is 0 Å². The molecule has 0 fully saturated rings. The van der Waals surface area contributed by atoms with Crippen LogP contribution in [0.1, 0.15) is 0 Å². The number of nitrogens with one attached hydrogen (secondary N) is 1. The molecule has 0 saturated heterocycles. The molecule has 19 heavy (non-hydrogen) atoms. The van der Waals surface area contributed by atoms with Crippen LogP contribution in [0.15, 0.2) is 30.5 Å². The molecular formula is C10H8FN5O3. The highest BCUT2D eigenvalue weighted by atomic mass is 19.1. The maximum Gasteiger partial charge on any atom is 0.314 e. The van der Waals surface area contributed by atoms with Gasteiger partial charge in [0.05, 0.1) is 11.0 Å². The van der Waals surface area contributed by atoms with Gasteiger partial charge in [0.15, 0.2) is 0 Å². The fourth-order valence-corrected chi connectivity index (χ4v) is 1.30. The molecule has 2 aromatic rings. The topological polar surface area (TPSA) is 116 Å². The summed E-state index contributed by atoms with van der Waals surface area (Å²) in [7, 11) is 0. The summed E-state index contributed by atoms with van der Waals surface area (Å²) in [5, 5.41) is 10.8. The Morgan fingerprint density at radius 2 is 2.21 bits per heavy atom. The van der Waals surface area contributed by atoms with Crippen molar-refractivity contribution in [2.45, 2.75) is 0 Å². The van der Waals surface area contributed by atoms with Gasteiger partial charge in [-0.25, -0.2) is 15.2 Å². The van der Waals surface area contributed by atoms with Crippen molar-refractivity contribution < 1.29 is 14.1 Å². The van der Waals surface area contributed by atoms with E-state index >= 15 is 0 Å². The fourth-order valence-electron chi connectivity index (χ4n) is 1.30. The molecule has 0 unspecified atom stereocenters. The van der Waals surface area contributed by atoms with Crippen molar-refractivity contribution in [3.8, 4) is 11.6 Å². The van der Waals surface area contributed by atoms with E-state index in [-0.39, 0.29) is 17.6 Å². The Bertz CT molecular complexity index is 622. The SMILES string of the molecule is NNc1nccc(Oc2ccc(F)cc2[N+](=O)[O-])n1. The van der Waals surface area contributed by atoms with Crippen LogP contribution in [-0.4, -0.2) is 14.9 Å². The van der Waals surface area contributed by atoms with E-state index in [2.05, 4.69) is 15.4 Å². The summed E-state index contributed by atoms with van der Waals surface area (Å²) < 4.78 is 18.2. The third-order valence-electron chi connectivity index (χ3n) is 2.09. The minimum absolute atomic E-state index is 0.0395. The van der Waals surface area contributed by atoms with Crippen LogP contribution in [0.25, 0.3) is 0 Å². The standard InChI is InChI=1S/C10H8FN5O3/c11-6-1-2-8(7(5-6)16(17)18)19-9-3-4-13-10(14-9)15-12/h1-5H,12H2,(H,13,14,15). The van der Waals surface area contributed by atoms with E-state index in [0.717, 1.165) is 18.2 Å². The van der Waals surface area contributed by atoms with Gasteiger partial charge in [-0.1, -0.05) is 0 Å². The number of benzene rings is 1. The third kappa shape index (κ3) is 2.90. The van der Waals surface area contributed by atoms with Gasteiger partial charge in [-0.05, 0) is 12.1 Å². The molecule has 0 aliphatic rings. The Kier molecular flexibility index (Phi) is 3.48. The van der Waals surface area contributed by atoms with Crippen LogP contribution in [0.4, 0.5) is 16.0 Å². The van der Waals surface area contributed by atoms with Crippen molar-refractivity contribution in [3.05, 3.63) is 46.4 Å². The number of nitrogens with two attached hydrogens (primary N) is 1. The molecule has 8 nitrogen and oxygen atoms in total. The number of anilines is 1.